The maximum Gasteiger partial charge on any atom is 0.267 e. The van der Waals surface area contributed by atoms with Gasteiger partial charge in [-0.1, -0.05) is 79.4 Å². The van der Waals surface area contributed by atoms with Crippen molar-refractivity contribution in [1.29, 1.82) is 0 Å². The molecular formula is C26H25N3OS2. The van der Waals surface area contributed by atoms with Gasteiger partial charge >= 0.3 is 0 Å². The van der Waals surface area contributed by atoms with Gasteiger partial charge in [-0.2, -0.15) is 4.99 Å². The molecule has 5 rings (SSSR count). The fraction of sp³-hybridized carbons (Fsp3) is 0.269. The highest BCUT2D eigenvalue weighted by Gasteiger charge is 2.38. The minimum atomic E-state index is 0.0713. The molecule has 3 aromatic rings. The van der Waals surface area contributed by atoms with Crippen LogP contribution in [0, 0.1) is 6.92 Å². The molecule has 0 bridgehead atoms. The summed E-state index contributed by atoms with van der Waals surface area (Å²) in [5.74, 6) is 0.0713. The molecule has 1 aromatic heterocycles. The molecule has 1 saturated carbocycles. The number of thiazole rings is 1. The standard InChI is InChI=1S/C26H25N3OS2/c1-18-9-8-10-19(15-18)16-23-24(30)29(21-13-6-3-7-14-21)26(32-23)28-25-27-22(17-31-25)20-11-4-2-5-12-20/h2,4-5,8-12,15-17,21H,3,6-7,13-14H2,1H3/b23-16-,28-26+. The quantitative estimate of drug-likeness (QED) is 0.393. The number of nitrogens with zero attached hydrogens (tertiary/aromatic N) is 3. The van der Waals surface area contributed by atoms with E-state index in [4.69, 9.17) is 9.98 Å². The van der Waals surface area contributed by atoms with Gasteiger partial charge in [-0.3, -0.25) is 9.69 Å². The molecule has 1 aliphatic heterocycles. The van der Waals surface area contributed by atoms with Crippen LogP contribution < -0.4 is 0 Å². The van der Waals surface area contributed by atoms with Crippen molar-refractivity contribution in [3.05, 3.63) is 76.0 Å². The van der Waals surface area contributed by atoms with Crippen molar-refractivity contribution in [2.75, 3.05) is 0 Å². The Labute approximate surface area is 197 Å². The van der Waals surface area contributed by atoms with E-state index in [-0.39, 0.29) is 11.9 Å². The summed E-state index contributed by atoms with van der Waals surface area (Å²) in [5, 5.41) is 3.48. The minimum absolute atomic E-state index is 0.0713. The molecular weight excluding hydrogens is 434 g/mol. The molecule has 0 unspecified atom stereocenters. The van der Waals surface area contributed by atoms with Gasteiger partial charge in [0.15, 0.2) is 5.17 Å². The zero-order chi connectivity index (χ0) is 21.9. The predicted octanol–water partition coefficient (Wildman–Crippen LogP) is 7.06. The first kappa shape index (κ1) is 21.2. The van der Waals surface area contributed by atoms with Crippen molar-refractivity contribution in [3.63, 3.8) is 0 Å². The summed E-state index contributed by atoms with van der Waals surface area (Å²) in [4.78, 5) is 25.7. The van der Waals surface area contributed by atoms with Crippen molar-refractivity contribution >= 4 is 45.4 Å². The number of hydrogen-bond acceptors (Lipinski definition) is 5. The third kappa shape index (κ3) is 4.57. The van der Waals surface area contributed by atoms with Gasteiger partial charge in [0.2, 0.25) is 5.13 Å². The van der Waals surface area contributed by atoms with Gasteiger partial charge in [0.1, 0.15) is 0 Å². The average molecular weight is 460 g/mol. The molecule has 2 fully saturated rings. The second-order valence-electron chi connectivity index (χ2n) is 8.27. The number of carbonyl (C=O) groups excluding carboxylic acids is 1. The number of amidine groups is 1. The molecule has 162 valence electrons. The largest absolute Gasteiger partial charge is 0.283 e. The lowest BCUT2D eigenvalue weighted by atomic mass is 9.94. The maximum atomic E-state index is 13.5. The van der Waals surface area contributed by atoms with Crippen LogP contribution in [0.5, 0.6) is 0 Å². The molecule has 0 spiro atoms. The van der Waals surface area contributed by atoms with Crippen LogP contribution in [0.3, 0.4) is 0 Å². The van der Waals surface area contributed by atoms with Crippen molar-refractivity contribution in [2.24, 2.45) is 4.99 Å². The third-order valence-corrected chi connectivity index (χ3v) is 7.59. The maximum absolute atomic E-state index is 13.5. The summed E-state index contributed by atoms with van der Waals surface area (Å²) in [6.45, 7) is 2.07. The Morgan fingerprint density at radius 1 is 1.06 bits per heavy atom. The SMILES string of the molecule is Cc1cccc(/C=C2\S/C(=N/c3nc(-c4ccccc4)cs3)N(C3CCCCC3)C2=O)c1. The van der Waals surface area contributed by atoms with E-state index in [1.807, 2.05) is 46.7 Å². The number of aliphatic imine (C=N–C) groups is 1. The normalized spacial score (nSPS) is 19.9. The number of thioether (sulfide) groups is 1. The molecule has 6 heteroatoms. The topological polar surface area (TPSA) is 45.6 Å². The Morgan fingerprint density at radius 2 is 1.88 bits per heavy atom. The predicted molar refractivity (Wildman–Crippen MR) is 135 cm³/mol. The Hall–Kier alpha value is -2.70. The Morgan fingerprint density at radius 3 is 2.66 bits per heavy atom. The molecule has 2 aromatic carbocycles. The highest BCUT2D eigenvalue weighted by atomic mass is 32.2. The lowest BCUT2D eigenvalue weighted by Gasteiger charge is -2.30. The number of aromatic nitrogens is 1. The van der Waals surface area contributed by atoms with Gasteiger partial charge in [-0.15, -0.1) is 11.3 Å². The van der Waals surface area contributed by atoms with Crippen LogP contribution in [0.15, 0.2) is 69.9 Å². The molecule has 2 aliphatic rings. The van der Waals surface area contributed by atoms with Crippen molar-refractivity contribution in [1.82, 2.24) is 9.88 Å². The van der Waals surface area contributed by atoms with Crippen molar-refractivity contribution < 1.29 is 4.79 Å². The average Bonchev–Trinajstić information content (AvgIpc) is 3.40. The highest BCUT2D eigenvalue weighted by molar-refractivity contribution is 8.18. The first-order chi connectivity index (χ1) is 15.7. The molecule has 0 radical (unpaired) electrons. The monoisotopic (exact) mass is 459 g/mol. The zero-order valence-electron chi connectivity index (χ0n) is 18.0. The zero-order valence-corrected chi connectivity index (χ0v) is 19.7. The van der Waals surface area contributed by atoms with E-state index in [2.05, 4.69) is 31.2 Å². The van der Waals surface area contributed by atoms with E-state index in [1.165, 1.54) is 47.9 Å². The van der Waals surface area contributed by atoms with Gasteiger partial charge < -0.3 is 0 Å². The molecule has 1 amide bonds. The van der Waals surface area contributed by atoms with Crippen LogP contribution in [0.25, 0.3) is 17.3 Å². The summed E-state index contributed by atoms with van der Waals surface area (Å²) in [6, 6.07) is 18.6. The summed E-state index contributed by atoms with van der Waals surface area (Å²) < 4.78 is 0. The van der Waals surface area contributed by atoms with Crippen molar-refractivity contribution in [2.45, 2.75) is 45.1 Å². The smallest absolute Gasteiger partial charge is 0.267 e. The first-order valence-corrected chi connectivity index (χ1v) is 12.8. The second-order valence-corrected chi connectivity index (χ2v) is 10.1. The summed E-state index contributed by atoms with van der Waals surface area (Å²) >= 11 is 2.99. The molecule has 0 atom stereocenters. The number of aryl methyl sites for hydroxylation is 1. The van der Waals surface area contributed by atoms with Crippen LogP contribution in [0.4, 0.5) is 5.13 Å². The van der Waals surface area contributed by atoms with Gasteiger partial charge in [-0.25, -0.2) is 4.98 Å². The first-order valence-electron chi connectivity index (χ1n) is 11.1. The lowest BCUT2D eigenvalue weighted by Crippen LogP contribution is -2.40. The van der Waals surface area contributed by atoms with E-state index in [1.54, 1.807) is 0 Å². The fourth-order valence-corrected chi connectivity index (χ4v) is 6.07. The molecule has 1 saturated heterocycles. The number of hydrogen-bond donors (Lipinski definition) is 0. The van der Waals surface area contributed by atoms with Gasteiger partial charge in [0.25, 0.3) is 5.91 Å². The van der Waals surface area contributed by atoms with E-state index in [0.29, 0.717) is 5.13 Å². The van der Waals surface area contributed by atoms with Crippen LogP contribution >= 0.6 is 23.1 Å². The summed E-state index contributed by atoms with van der Waals surface area (Å²) in [6.07, 6.45) is 7.65. The van der Waals surface area contributed by atoms with E-state index in [9.17, 15) is 4.79 Å². The third-order valence-electron chi connectivity index (χ3n) is 5.87. The van der Waals surface area contributed by atoms with Crippen LogP contribution in [0.1, 0.15) is 43.2 Å². The number of rotatable bonds is 4. The van der Waals surface area contributed by atoms with E-state index >= 15 is 0 Å². The minimum Gasteiger partial charge on any atom is -0.283 e. The molecule has 0 N–H and O–H groups in total. The van der Waals surface area contributed by atoms with Gasteiger partial charge in [0, 0.05) is 17.0 Å². The number of carbonyl (C=O) groups is 1. The van der Waals surface area contributed by atoms with Crippen molar-refractivity contribution in [3.8, 4) is 11.3 Å². The van der Waals surface area contributed by atoms with E-state index in [0.717, 1.165) is 39.7 Å². The van der Waals surface area contributed by atoms with Crippen LogP contribution in [-0.2, 0) is 4.79 Å². The highest BCUT2D eigenvalue weighted by Crippen LogP contribution is 2.39. The fourth-order valence-electron chi connectivity index (χ4n) is 4.28. The van der Waals surface area contributed by atoms with Crippen LogP contribution in [0.2, 0.25) is 0 Å². The second kappa shape index (κ2) is 9.43. The Kier molecular flexibility index (Phi) is 6.23. The molecule has 2 heterocycles. The van der Waals surface area contributed by atoms with Crippen LogP contribution in [-0.4, -0.2) is 27.0 Å². The molecule has 1 aliphatic carbocycles. The number of benzene rings is 2. The summed E-state index contributed by atoms with van der Waals surface area (Å²) in [7, 11) is 0. The van der Waals surface area contributed by atoms with Gasteiger partial charge in [0.05, 0.1) is 10.6 Å². The summed E-state index contributed by atoms with van der Waals surface area (Å²) in [5.41, 5.74) is 4.23. The lowest BCUT2D eigenvalue weighted by molar-refractivity contribution is -0.124. The van der Waals surface area contributed by atoms with E-state index < -0.39 is 0 Å². The Balaban J connectivity index is 1.48. The Bertz CT molecular complexity index is 1180. The molecule has 32 heavy (non-hydrogen) atoms. The molecule has 4 nitrogen and oxygen atoms in total. The number of amides is 1. The van der Waals surface area contributed by atoms with Gasteiger partial charge in [-0.05, 0) is 43.2 Å².